The number of amides is 1. The summed E-state index contributed by atoms with van der Waals surface area (Å²) in [6.07, 6.45) is 0. The Kier molecular flexibility index (Phi) is 2.24. The Hall–Kier alpha value is -1.34. The molecule has 0 aromatic carbocycles. The third-order valence-electron chi connectivity index (χ3n) is 1.22. The summed E-state index contributed by atoms with van der Waals surface area (Å²) >= 11 is 1.27. The van der Waals surface area contributed by atoms with Crippen LogP contribution in [0.15, 0.2) is 11.4 Å². The Morgan fingerprint density at radius 3 is 3.09 bits per heavy atom. The quantitative estimate of drug-likeness (QED) is 0.676. The fourth-order valence-corrected chi connectivity index (χ4v) is 1.48. The standard InChI is InChI=1S/C7H6N2OS/c1-9-7(10)6-5(4-8)2-3-11-6/h2-3H,1H3,(H,9,10). The summed E-state index contributed by atoms with van der Waals surface area (Å²) < 4.78 is 0. The van der Waals surface area contributed by atoms with E-state index in [2.05, 4.69) is 5.32 Å². The number of thiophene rings is 1. The van der Waals surface area contributed by atoms with E-state index < -0.39 is 0 Å². The number of rotatable bonds is 1. The molecule has 1 amide bonds. The highest BCUT2D eigenvalue weighted by Gasteiger charge is 2.09. The van der Waals surface area contributed by atoms with E-state index in [-0.39, 0.29) is 5.91 Å². The first-order valence-electron chi connectivity index (χ1n) is 2.99. The summed E-state index contributed by atoms with van der Waals surface area (Å²) in [6.45, 7) is 0. The average molecular weight is 166 g/mol. The van der Waals surface area contributed by atoms with Gasteiger partial charge in [0.05, 0.1) is 5.56 Å². The van der Waals surface area contributed by atoms with E-state index in [1.807, 2.05) is 6.07 Å². The van der Waals surface area contributed by atoms with E-state index in [4.69, 9.17) is 5.26 Å². The lowest BCUT2D eigenvalue weighted by molar-refractivity contribution is 0.0967. The molecule has 3 nitrogen and oxygen atoms in total. The van der Waals surface area contributed by atoms with Crippen molar-refractivity contribution in [2.45, 2.75) is 0 Å². The lowest BCUT2D eigenvalue weighted by atomic mass is 10.3. The first kappa shape index (κ1) is 7.76. The van der Waals surface area contributed by atoms with Crippen LogP contribution >= 0.6 is 11.3 Å². The molecule has 1 aromatic heterocycles. The highest BCUT2D eigenvalue weighted by molar-refractivity contribution is 7.12. The van der Waals surface area contributed by atoms with Crippen molar-refractivity contribution < 1.29 is 4.79 Å². The molecule has 0 saturated carbocycles. The van der Waals surface area contributed by atoms with E-state index in [0.29, 0.717) is 10.4 Å². The van der Waals surface area contributed by atoms with Crippen LogP contribution in [0.2, 0.25) is 0 Å². The Labute approximate surface area is 68.3 Å². The van der Waals surface area contributed by atoms with Gasteiger partial charge in [0, 0.05) is 7.05 Å². The van der Waals surface area contributed by atoms with Crippen LogP contribution < -0.4 is 5.32 Å². The first-order valence-corrected chi connectivity index (χ1v) is 3.87. The maximum atomic E-state index is 11.0. The van der Waals surface area contributed by atoms with Gasteiger partial charge >= 0.3 is 0 Å². The topological polar surface area (TPSA) is 52.9 Å². The van der Waals surface area contributed by atoms with Gasteiger partial charge in [-0.05, 0) is 11.4 Å². The molecule has 0 unspecified atom stereocenters. The molecule has 0 aliphatic rings. The minimum Gasteiger partial charge on any atom is -0.354 e. The molecule has 0 atom stereocenters. The number of carbonyl (C=O) groups is 1. The van der Waals surface area contributed by atoms with Gasteiger partial charge in [0.1, 0.15) is 10.9 Å². The van der Waals surface area contributed by atoms with E-state index in [0.717, 1.165) is 0 Å². The van der Waals surface area contributed by atoms with Crippen LogP contribution in [0.5, 0.6) is 0 Å². The predicted octanol–water partition coefficient (Wildman–Crippen LogP) is 0.979. The maximum absolute atomic E-state index is 11.0. The third-order valence-corrected chi connectivity index (χ3v) is 2.13. The summed E-state index contributed by atoms with van der Waals surface area (Å²) in [4.78, 5) is 11.5. The van der Waals surface area contributed by atoms with Gasteiger partial charge in [-0.25, -0.2) is 0 Å². The molecule has 56 valence electrons. The molecule has 0 fully saturated rings. The number of carbonyl (C=O) groups excluding carboxylic acids is 1. The third kappa shape index (κ3) is 1.38. The zero-order chi connectivity index (χ0) is 8.27. The Balaban J connectivity index is 3.05. The second kappa shape index (κ2) is 3.17. The Morgan fingerprint density at radius 2 is 2.55 bits per heavy atom. The molecular formula is C7H6N2OS. The van der Waals surface area contributed by atoms with Crippen molar-refractivity contribution in [3.05, 3.63) is 21.9 Å². The molecule has 1 N–H and O–H groups in total. The zero-order valence-electron chi connectivity index (χ0n) is 5.92. The normalized spacial score (nSPS) is 8.73. The Bertz CT molecular complexity index is 310. The summed E-state index contributed by atoms with van der Waals surface area (Å²) in [5.74, 6) is -0.198. The van der Waals surface area contributed by atoms with Crippen molar-refractivity contribution in [1.29, 1.82) is 5.26 Å². The van der Waals surface area contributed by atoms with Crippen LogP contribution in [0.25, 0.3) is 0 Å². The molecule has 0 bridgehead atoms. The molecule has 0 spiro atoms. The number of hydrogen-bond donors (Lipinski definition) is 1. The molecule has 11 heavy (non-hydrogen) atoms. The van der Waals surface area contributed by atoms with Crippen LogP contribution in [0.3, 0.4) is 0 Å². The first-order chi connectivity index (χ1) is 5.29. The number of nitriles is 1. The second-order valence-electron chi connectivity index (χ2n) is 1.85. The molecule has 0 aliphatic heterocycles. The van der Waals surface area contributed by atoms with Crippen LogP contribution in [0, 0.1) is 11.3 Å². The van der Waals surface area contributed by atoms with E-state index >= 15 is 0 Å². The lowest BCUT2D eigenvalue weighted by Crippen LogP contribution is -2.17. The van der Waals surface area contributed by atoms with Gasteiger partial charge in [0.25, 0.3) is 5.91 Å². The monoisotopic (exact) mass is 166 g/mol. The smallest absolute Gasteiger partial charge is 0.262 e. The largest absolute Gasteiger partial charge is 0.354 e. The van der Waals surface area contributed by atoms with Crippen molar-refractivity contribution in [1.82, 2.24) is 5.32 Å². The van der Waals surface area contributed by atoms with Crippen LogP contribution in [-0.2, 0) is 0 Å². The van der Waals surface area contributed by atoms with Gasteiger partial charge in [0.15, 0.2) is 0 Å². The van der Waals surface area contributed by atoms with Crippen molar-refractivity contribution >= 4 is 17.2 Å². The van der Waals surface area contributed by atoms with Crippen molar-refractivity contribution in [2.75, 3.05) is 7.05 Å². The second-order valence-corrected chi connectivity index (χ2v) is 2.77. The SMILES string of the molecule is CNC(=O)c1sccc1C#N. The van der Waals surface area contributed by atoms with Gasteiger partial charge in [-0.1, -0.05) is 0 Å². The van der Waals surface area contributed by atoms with Gasteiger partial charge in [-0.3, -0.25) is 4.79 Å². The van der Waals surface area contributed by atoms with Crippen molar-refractivity contribution in [3.8, 4) is 6.07 Å². The van der Waals surface area contributed by atoms with Crippen LogP contribution in [-0.4, -0.2) is 13.0 Å². The van der Waals surface area contributed by atoms with Gasteiger partial charge in [-0.15, -0.1) is 11.3 Å². The van der Waals surface area contributed by atoms with E-state index in [1.165, 1.54) is 11.3 Å². The summed E-state index contributed by atoms with van der Waals surface area (Å²) in [5, 5.41) is 12.7. The molecule has 0 saturated heterocycles. The Morgan fingerprint density at radius 1 is 1.82 bits per heavy atom. The molecular weight excluding hydrogens is 160 g/mol. The van der Waals surface area contributed by atoms with Gasteiger partial charge < -0.3 is 5.32 Å². The van der Waals surface area contributed by atoms with Gasteiger partial charge in [0.2, 0.25) is 0 Å². The molecule has 4 heteroatoms. The fraction of sp³-hybridized carbons (Fsp3) is 0.143. The summed E-state index contributed by atoms with van der Waals surface area (Å²) in [5.41, 5.74) is 0.439. The predicted molar refractivity (Wildman–Crippen MR) is 42.4 cm³/mol. The summed E-state index contributed by atoms with van der Waals surface area (Å²) in [7, 11) is 1.54. The van der Waals surface area contributed by atoms with Crippen molar-refractivity contribution in [2.24, 2.45) is 0 Å². The van der Waals surface area contributed by atoms with E-state index in [9.17, 15) is 4.79 Å². The lowest BCUT2D eigenvalue weighted by Gasteiger charge is -1.93. The van der Waals surface area contributed by atoms with Gasteiger partial charge in [-0.2, -0.15) is 5.26 Å². The van der Waals surface area contributed by atoms with Crippen molar-refractivity contribution in [3.63, 3.8) is 0 Å². The molecule has 0 radical (unpaired) electrons. The zero-order valence-corrected chi connectivity index (χ0v) is 6.73. The minimum atomic E-state index is -0.198. The number of nitrogens with one attached hydrogen (secondary N) is 1. The summed E-state index contributed by atoms with van der Waals surface area (Å²) in [6, 6.07) is 3.57. The molecule has 0 aliphatic carbocycles. The highest BCUT2D eigenvalue weighted by atomic mass is 32.1. The number of nitrogens with zero attached hydrogens (tertiary/aromatic N) is 1. The molecule has 1 aromatic rings. The van der Waals surface area contributed by atoms with Crippen LogP contribution in [0.1, 0.15) is 15.2 Å². The maximum Gasteiger partial charge on any atom is 0.262 e. The minimum absolute atomic E-state index is 0.198. The number of hydrogen-bond acceptors (Lipinski definition) is 3. The molecule has 1 rings (SSSR count). The average Bonchev–Trinajstić information content (AvgIpc) is 2.50. The van der Waals surface area contributed by atoms with E-state index in [1.54, 1.807) is 18.5 Å². The fourth-order valence-electron chi connectivity index (χ4n) is 0.687. The molecule has 1 heterocycles. The van der Waals surface area contributed by atoms with Crippen LogP contribution in [0.4, 0.5) is 0 Å². The highest BCUT2D eigenvalue weighted by Crippen LogP contribution is 2.14.